The molecule has 4 N–H and O–H groups in total. The first kappa shape index (κ1) is 37.1. The number of ether oxygens (including phenoxy) is 2. The predicted octanol–water partition coefficient (Wildman–Crippen LogP) is 4.26. The Kier molecular flexibility index (Phi) is 10.4. The third-order valence-electron chi connectivity index (χ3n) is 11.3. The number of methoxy groups -OCH3 is 2. The Morgan fingerprint density at radius 2 is 1.04 bits per heavy atom. The van der Waals surface area contributed by atoms with Crippen LogP contribution in [0.25, 0.3) is 0 Å². The van der Waals surface area contributed by atoms with Crippen molar-refractivity contribution in [3.8, 4) is 0 Å². The van der Waals surface area contributed by atoms with E-state index in [2.05, 4.69) is 42.5 Å². The van der Waals surface area contributed by atoms with Crippen LogP contribution < -0.4 is 20.4 Å². The minimum atomic E-state index is -0.678. The number of hydrogen-bond acceptors (Lipinski definition) is 10. The Morgan fingerprint density at radius 3 is 1.37 bits per heavy atom. The van der Waals surface area contributed by atoms with Gasteiger partial charge < -0.3 is 49.7 Å². The molecular formula is C38H52N10O6. The molecule has 290 valence electrons. The molecule has 2 fully saturated rings. The van der Waals surface area contributed by atoms with Gasteiger partial charge in [-0.25, -0.2) is 19.6 Å². The topological polar surface area (TPSA) is 181 Å². The number of aromatic amines is 2. The summed E-state index contributed by atoms with van der Waals surface area (Å²) in [7, 11) is 2.59. The molecule has 4 amide bonds. The highest BCUT2D eigenvalue weighted by Gasteiger charge is 2.39. The van der Waals surface area contributed by atoms with E-state index in [0.717, 1.165) is 75.1 Å². The Labute approximate surface area is 315 Å². The van der Waals surface area contributed by atoms with Crippen molar-refractivity contribution < 1.29 is 28.7 Å². The van der Waals surface area contributed by atoms with E-state index in [-0.39, 0.29) is 35.7 Å². The number of H-pyrrole nitrogens is 2. The van der Waals surface area contributed by atoms with Gasteiger partial charge in [-0.15, -0.1) is 0 Å². The van der Waals surface area contributed by atoms with Gasteiger partial charge in [0.2, 0.25) is 11.8 Å². The molecule has 0 spiro atoms. The van der Waals surface area contributed by atoms with E-state index < -0.39 is 24.3 Å². The summed E-state index contributed by atoms with van der Waals surface area (Å²) in [5, 5.41) is 5.42. The molecule has 2 aromatic heterocycles. The van der Waals surface area contributed by atoms with Gasteiger partial charge in [0.15, 0.2) is 0 Å². The molecule has 4 aliphatic heterocycles. The molecule has 0 bridgehead atoms. The maximum atomic E-state index is 13.6. The summed E-state index contributed by atoms with van der Waals surface area (Å²) < 4.78 is 9.54. The molecule has 3 unspecified atom stereocenters. The van der Waals surface area contributed by atoms with Crippen LogP contribution in [0.2, 0.25) is 0 Å². The van der Waals surface area contributed by atoms with Gasteiger partial charge in [0, 0.05) is 39.3 Å². The SMILES string of the molecule is COC(=O)NC(C(=O)N1CCCC1c1ncc(N2Cc3cc4c(cc3C2)CN(c2cnc(C3CCCN3C(=O)[C@@H](NC(=O)OC)C(C)C)[nH]2)C4)[nH]1)C(C)C. The highest BCUT2D eigenvalue weighted by Crippen LogP contribution is 2.38. The molecule has 16 heteroatoms. The lowest BCUT2D eigenvalue weighted by atomic mass is 10.0. The molecule has 4 atom stereocenters. The lowest BCUT2D eigenvalue weighted by Crippen LogP contribution is -2.51. The van der Waals surface area contributed by atoms with E-state index in [1.807, 2.05) is 49.9 Å². The average Bonchev–Trinajstić information content (AvgIpc) is 4.00. The molecule has 1 aromatic carbocycles. The second kappa shape index (κ2) is 15.2. The minimum absolute atomic E-state index is 0.0965. The molecule has 0 aliphatic carbocycles. The van der Waals surface area contributed by atoms with Gasteiger partial charge in [0.25, 0.3) is 0 Å². The van der Waals surface area contributed by atoms with Crippen molar-refractivity contribution in [2.75, 3.05) is 37.1 Å². The number of aromatic nitrogens is 4. The van der Waals surface area contributed by atoms with Crippen molar-refractivity contribution in [1.82, 2.24) is 40.4 Å². The number of rotatable bonds is 10. The van der Waals surface area contributed by atoms with Crippen molar-refractivity contribution >= 4 is 35.6 Å². The number of nitrogens with one attached hydrogen (secondary N) is 4. The third kappa shape index (κ3) is 7.17. The minimum Gasteiger partial charge on any atom is -0.453 e. The van der Waals surface area contributed by atoms with E-state index in [1.165, 1.54) is 36.5 Å². The van der Waals surface area contributed by atoms with Crippen molar-refractivity contribution in [3.05, 3.63) is 58.4 Å². The molecule has 16 nitrogen and oxygen atoms in total. The van der Waals surface area contributed by atoms with Gasteiger partial charge in [-0.05, 0) is 59.8 Å². The van der Waals surface area contributed by atoms with E-state index in [4.69, 9.17) is 19.4 Å². The highest BCUT2D eigenvalue weighted by molar-refractivity contribution is 5.87. The number of amides is 4. The molecule has 2 saturated heterocycles. The molecule has 0 saturated carbocycles. The van der Waals surface area contributed by atoms with Crippen LogP contribution in [0.15, 0.2) is 24.5 Å². The number of carbonyl (C=O) groups excluding carboxylic acids is 4. The van der Waals surface area contributed by atoms with Crippen LogP contribution in [0.3, 0.4) is 0 Å². The Balaban J connectivity index is 0.986. The lowest BCUT2D eigenvalue weighted by molar-refractivity contribution is -0.136. The van der Waals surface area contributed by atoms with Gasteiger partial charge in [-0.3, -0.25) is 9.59 Å². The largest absolute Gasteiger partial charge is 0.453 e. The monoisotopic (exact) mass is 744 g/mol. The van der Waals surface area contributed by atoms with Gasteiger partial charge in [0.1, 0.15) is 35.4 Å². The van der Waals surface area contributed by atoms with E-state index in [9.17, 15) is 19.2 Å². The van der Waals surface area contributed by atoms with Crippen LogP contribution in [0.4, 0.5) is 21.2 Å². The number of alkyl carbamates (subject to hydrolysis) is 2. The fourth-order valence-electron chi connectivity index (χ4n) is 8.35. The number of carbonyl (C=O) groups is 4. The zero-order valence-corrected chi connectivity index (χ0v) is 32.0. The Morgan fingerprint density at radius 1 is 0.667 bits per heavy atom. The molecule has 54 heavy (non-hydrogen) atoms. The summed E-state index contributed by atoms with van der Waals surface area (Å²) in [4.78, 5) is 75.9. The second-order valence-electron chi connectivity index (χ2n) is 15.5. The molecule has 0 radical (unpaired) electrons. The van der Waals surface area contributed by atoms with Crippen LogP contribution in [0.1, 0.15) is 99.4 Å². The highest BCUT2D eigenvalue weighted by atomic mass is 16.5. The third-order valence-corrected chi connectivity index (χ3v) is 11.3. The van der Waals surface area contributed by atoms with Crippen LogP contribution in [0.5, 0.6) is 0 Å². The molecule has 4 aliphatic rings. The Bertz CT molecular complexity index is 1720. The normalized spacial score (nSPS) is 20.4. The van der Waals surface area contributed by atoms with Crippen LogP contribution >= 0.6 is 0 Å². The van der Waals surface area contributed by atoms with E-state index >= 15 is 0 Å². The zero-order chi connectivity index (χ0) is 38.3. The summed E-state index contributed by atoms with van der Waals surface area (Å²) in [6.07, 6.45) is 5.81. The van der Waals surface area contributed by atoms with Crippen LogP contribution in [-0.2, 0) is 45.2 Å². The number of benzene rings is 1. The first-order chi connectivity index (χ1) is 25.9. The fourth-order valence-corrected chi connectivity index (χ4v) is 8.35. The number of likely N-dealkylation sites (tertiary alicyclic amines) is 2. The van der Waals surface area contributed by atoms with Crippen LogP contribution in [-0.4, -0.2) is 93.1 Å². The van der Waals surface area contributed by atoms with Crippen molar-refractivity contribution in [3.63, 3.8) is 0 Å². The smallest absolute Gasteiger partial charge is 0.407 e. The lowest BCUT2D eigenvalue weighted by Gasteiger charge is -2.30. The van der Waals surface area contributed by atoms with Gasteiger partial charge in [-0.1, -0.05) is 39.8 Å². The first-order valence-corrected chi connectivity index (χ1v) is 19.0. The number of anilines is 2. The maximum absolute atomic E-state index is 13.6. The van der Waals surface area contributed by atoms with Crippen molar-refractivity contribution in [2.45, 2.75) is 104 Å². The second-order valence-corrected chi connectivity index (χ2v) is 15.5. The number of hydrogen-bond donors (Lipinski definition) is 4. The molecular weight excluding hydrogens is 692 g/mol. The zero-order valence-electron chi connectivity index (χ0n) is 32.0. The molecule has 3 aromatic rings. The summed E-state index contributed by atoms with van der Waals surface area (Å²) in [6, 6.07) is 2.90. The summed E-state index contributed by atoms with van der Waals surface area (Å²) in [5.41, 5.74) is 5.13. The van der Waals surface area contributed by atoms with E-state index in [0.29, 0.717) is 13.1 Å². The summed E-state index contributed by atoms with van der Waals surface area (Å²) in [5.74, 6) is 2.90. The van der Waals surface area contributed by atoms with Gasteiger partial charge in [-0.2, -0.15) is 0 Å². The van der Waals surface area contributed by atoms with Crippen LogP contribution in [0, 0.1) is 11.8 Å². The standard InChI is InChI=1S/C38H52N10O6/c1-21(2)31(43-37(51)53-5)35(49)47-11-7-9-27(47)33-39-15-29(41-33)45-17-23-13-25-19-46(20-26(25)14-24(23)18-45)30-16-40-34(42-30)28-10-8-12-48(28)36(50)32(22(3)4)44-38(52)54-6/h13-16,21-22,27-28,31-32H,7-12,17-20H2,1-6H3,(H,39,41)(H,40,42)(H,43,51)(H,44,52)/t27?,28?,31-,32?/m0/s1. The van der Waals surface area contributed by atoms with Gasteiger partial charge >= 0.3 is 12.2 Å². The van der Waals surface area contributed by atoms with Gasteiger partial charge in [0.05, 0.1) is 38.7 Å². The summed E-state index contributed by atoms with van der Waals surface area (Å²) >= 11 is 0. The predicted molar refractivity (Wildman–Crippen MR) is 199 cm³/mol. The number of fused-ring (bicyclic) bond motifs is 2. The fraction of sp³-hybridized carbons (Fsp3) is 0.579. The molecule has 6 heterocycles. The maximum Gasteiger partial charge on any atom is 0.407 e. The van der Waals surface area contributed by atoms with E-state index in [1.54, 1.807) is 0 Å². The molecule has 7 rings (SSSR count). The summed E-state index contributed by atoms with van der Waals surface area (Å²) in [6.45, 7) is 11.8. The quantitative estimate of drug-likeness (QED) is 0.234. The first-order valence-electron chi connectivity index (χ1n) is 19.0. The number of nitrogens with zero attached hydrogens (tertiary/aromatic N) is 6. The van der Waals surface area contributed by atoms with Crippen molar-refractivity contribution in [1.29, 1.82) is 0 Å². The Hall–Kier alpha value is -5.28. The average molecular weight is 745 g/mol. The van der Waals surface area contributed by atoms with Crippen molar-refractivity contribution in [2.24, 2.45) is 11.8 Å². The number of imidazole rings is 2.